The summed E-state index contributed by atoms with van der Waals surface area (Å²) in [6.45, 7) is 1.54. The van der Waals surface area contributed by atoms with Crippen LogP contribution in [0.4, 0.5) is 5.69 Å². The Balaban J connectivity index is 3.18. The zero-order valence-electron chi connectivity index (χ0n) is 9.19. The molecule has 1 aromatic carbocycles. The highest BCUT2D eigenvalue weighted by Crippen LogP contribution is 2.21. The quantitative estimate of drug-likeness (QED) is 0.523. The van der Waals surface area contributed by atoms with E-state index in [1.807, 2.05) is 30.3 Å². The highest BCUT2D eigenvalue weighted by molar-refractivity contribution is 5.45. The summed E-state index contributed by atoms with van der Waals surface area (Å²) < 4.78 is 0.463. The largest absolute Gasteiger partial charge is 0.261 e. The minimum Gasteiger partial charge on any atom is -0.261 e. The van der Waals surface area contributed by atoms with E-state index in [1.165, 1.54) is 0 Å². The van der Waals surface area contributed by atoms with Crippen molar-refractivity contribution < 1.29 is 0 Å². The van der Waals surface area contributed by atoms with Gasteiger partial charge in [-0.05, 0) is 29.9 Å². The second-order valence-corrected chi connectivity index (χ2v) is 3.57. The number of terminal acetylenes is 3. The van der Waals surface area contributed by atoms with Crippen molar-refractivity contribution in [3.63, 3.8) is 0 Å². The third-order valence-corrected chi connectivity index (χ3v) is 2.49. The average Bonchev–Trinajstić information content (AvgIpc) is 2.31. The first-order valence-corrected chi connectivity index (χ1v) is 5.01. The number of rotatable bonds is 4. The van der Waals surface area contributed by atoms with Gasteiger partial charge in [0.05, 0.1) is 0 Å². The highest BCUT2D eigenvalue weighted by Gasteiger charge is 2.27. The molecule has 0 aliphatic rings. The molecule has 1 rings (SSSR count). The van der Waals surface area contributed by atoms with Gasteiger partial charge in [0.2, 0.25) is 0 Å². The first-order chi connectivity index (χ1) is 7.79. The van der Waals surface area contributed by atoms with Crippen LogP contribution in [0.2, 0.25) is 0 Å². The number of nitrogens with zero attached hydrogens (tertiary/aromatic N) is 1. The summed E-state index contributed by atoms with van der Waals surface area (Å²) in [6, 6.07) is 9.90. The first-order valence-electron chi connectivity index (χ1n) is 5.01. The van der Waals surface area contributed by atoms with Crippen LogP contribution in [0.15, 0.2) is 30.3 Å². The van der Waals surface area contributed by atoms with E-state index >= 15 is 0 Å². The SMILES string of the molecule is C#CC[N+](CC#C)(CC#C)c1ccccc1. The summed E-state index contributed by atoms with van der Waals surface area (Å²) in [7, 11) is 0. The van der Waals surface area contributed by atoms with E-state index in [1.54, 1.807) is 0 Å². The van der Waals surface area contributed by atoms with Crippen LogP contribution in [0.25, 0.3) is 0 Å². The number of hydrogen-bond donors (Lipinski definition) is 0. The molecule has 0 radical (unpaired) electrons. The predicted molar refractivity (Wildman–Crippen MR) is 69.3 cm³/mol. The molecule has 0 aliphatic carbocycles. The molecule has 0 bridgehead atoms. The molecule has 0 unspecified atom stereocenters. The molecule has 1 heteroatoms. The van der Waals surface area contributed by atoms with Gasteiger partial charge in [-0.2, -0.15) is 0 Å². The molecule has 16 heavy (non-hydrogen) atoms. The Morgan fingerprint density at radius 2 is 1.25 bits per heavy atom. The maximum atomic E-state index is 5.41. The molecule has 1 aromatic rings. The fraction of sp³-hybridized carbons (Fsp3) is 0.200. The number of para-hydroxylation sites is 1. The molecule has 0 aromatic heterocycles. The molecule has 1 nitrogen and oxygen atoms in total. The zero-order valence-corrected chi connectivity index (χ0v) is 9.19. The summed E-state index contributed by atoms with van der Waals surface area (Å²) in [5, 5.41) is 0. The summed E-state index contributed by atoms with van der Waals surface area (Å²) in [5.41, 5.74) is 1.07. The smallest absolute Gasteiger partial charge is 0.146 e. The molecule has 0 saturated carbocycles. The number of hydrogen-bond acceptors (Lipinski definition) is 0. The molecule has 0 N–H and O–H groups in total. The van der Waals surface area contributed by atoms with E-state index in [4.69, 9.17) is 19.3 Å². The van der Waals surface area contributed by atoms with Gasteiger partial charge in [-0.25, -0.2) is 0 Å². The predicted octanol–water partition coefficient (Wildman–Crippen LogP) is 1.89. The fourth-order valence-electron chi connectivity index (χ4n) is 1.71. The lowest BCUT2D eigenvalue weighted by Gasteiger charge is -2.32. The molecule has 0 aliphatic heterocycles. The summed E-state index contributed by atoms with van der Waals surface area (Å²) >= 11 is 0. The Hall–Kier alpha value is -2.14. The topological polar surface area (TPSA) is 0 Å². The van der Waals surface area contributed by atoms with Crippen molar-refractivity contribution in [3.05, 3.63) is 30.3 Å². The van der Waals surface area contributed by atoms with Gasteiger partial charge in [0.25, 0.3) is 0 Å². The standard InChI is InChI=1S/C15H14N/c1-4-12-16(13-5-2,14-6-3)15-10-8-7-9-11-15/h1-3,7-11H,12-14H2/q+1. The second-order valence-electron chi connectivity index (χ2n) is 3.57. The van der Waals surface area contributed by atoms with Crippen LogP contribution in [-0.2, 0) is 0 Å². The van der Waals surface area contributed by atoms with Crippen LogP contribution in [0, 0.1) is 37.0 Å². The third kappa shape index (κ3) is 2.46. The first kappa shape index (κ1) is 11.9. The van der Waals surface area contributed by atoms with Crippen LogP contribution >= 0.6 is 0 Å². The van der Waals surface area contributed by atoms with Crippen molar-refractivity contribution in [2.45, 2.75) is 0 Å². The van der Waals surface area contributed by atoms with Gasteiger partial charge in [0, 0.05) is 0 Å². The lowest BCUT2D eigenvalue weighted by atomic mass is 10.2. The van der Waals surface area contributed by atoms with Crippen LogP contribution in [-0.4, -0.2) is 19.6 Å². The Morgan fingerprint density at radius 1 is 0.812 bits per heavy atom. The van der Waals surface area contributed by atoms with Gasteiger partial charge < -0.3 is 0 Å². The van der Waals surface area contributed by atoms with Gasteiger partial charge >= 0.3 is 0 Å². The molecule has 0 fully saturated rings. The van der Waals surface area contributed by atoms with Crippen LogP contribution in [0.1, 0.15) is 0 Å². The molecule has 0 saturated heterocycles. The van der Waals surface area contributed by atoms with E-state index in [-0.39, 0.29) is 0 Å². The number of quaternary nitrogens is 1. The zero-order chi connectivity index (χ0) is 11.9. The molecule has 0 atom stereocenters. The maximum Gasteiger partial charge on any atom is 0.146 e. The minimum atomic E-state index is 0.463. The van der Waals surface area contributed by atoms with Crippen molar-refractivity contribution in [1.82, 2.24) is 4.48 Å². The fourth-order valence-corrected chi connectivity index (χ4v) is 1.71. The molecule has 0 heterocycles. The normalized spacial score (nSPS) is 9.81. The van der Waals surface area contributed by atoms with Gasteiger partial charge in [-0.1, -0.05) is 18.2 Å². The van der Waals surface area contributed by atoms with Crippen LogP contribution in [0.5, 0.6) is 0 Å². The van der Waals surface area contributed by atoms with Gasteiger partial charge in [-0.15, -0.1) is 19.3 Å². The Morgan fingerprint density at radius 3 is 1.62 bits per heavy atom. The molecule has 0 spiro atoms. The van der Waals surface area contributed by atoms with Crippen molar-refractivity contribution in [1.29, 1.82) is 0 Å². The molecular formula is C15H14N+. The van der Waals surface area contributed by atoms with E-state index < -0.39 is 0 Å². The van der Waals surface area contributed by atoms with E-state index in [9.17, 15) is 0 Å². The maximum absolute atomic E-state index is 5.41. The van der Waals surface area contributed by atoms with E-state index in [0.717, 1.165) is 5.69 Å². The van der Waals surface area contributed by atoms with Gasteiger partial charge in [-0.3, -0.25) is 4.48 Å². The van der Waals surface area contributed by atoms with E-state index in [0.29, 0.717) is 24.1 Å². The van der Waals surface area contributed by atoms with Gasteiger partial charge in [0.1, 0.15) is 25.3 Å². The van der Waals surface area contributed by atoms with Crippen LogP contribution in [0.3, 0.4) is 0 Å². The van der Waals surface area contributed by atoms with Crippen molar-refractivity contribution in [2.24, 2.45) is 0 Å². The average molecular weight is 208 g/mol. The summed E-state index contributed by atoms with van der Waals surface area (Å²) in [5.74, 6) is 7.97. The summed E-state index contributed by atoms with van der Waals surface area (Å²) in [4.78, 5) is 0. The molecular weight excluding hydrogens is 194 g/mol. The monoisotopic (exact) mass is 208 g/mol. The lowest BCUT2D eigenvalue weighted by Crippen LogP contribution is -2.50. The molecule has 78 valence electrons. The Labute approximate surface area is 97.7 Å². The van der Waals surface area contributed by atoms with Crippen molar-refractivity contribution in [2.75, 3.05) is 19.6 Å². The minimum absolute atomic E-state index is 0.463. The highest BCUT2D eigenvalue weighted by atomic mass is 15.3. The van der Waals surface area contributed by atoms with Gasteiger partial charge in [0.15, 0.2) is 0 Å². The molecule has 0 amide bonds. The van der Waals surface area contributed by atoms with Crippen molar-refractivity contribution >= 4 is 5.69 Å². The Bertz CT molecular complexity index is 410. The second kappa shape index (κ2) is 5.67. The third-order valence-electron chi connectivity index (χ3n) is 2.49. The summed E-state index contributed by atoms with van der Waals surface area (Å²) in [6.07, 6.45) is 16.2. The van der Waals surface area contributed by atoms with Crippen molar-refractivity contribution in [3.8, 4) is 37.0 Å². The lowest BCUT2D eigenvalue weighted by molar-refractivity contribution is 0.380. The number of benzene rings is 1. The van der Waals surface area contributed by atoms with E-state index in [2.05, 4.69) is 17.8 Å². The Kier molecular flexibility index (Phi) is 4.23. The van der Waals surface area contributed by atoms with Crippen LogP contribution < -0.4 is 4.48 Å².